The predicted molar refractivity (Wildman–Crippen MR) is 168 cm³/mol. The van der Waals surface area contributed by atoms with Crippen molar-refractivity contribution in [2.45, 2.75) is 30.4 Å². The van der Waals surface area contributed by atoms with E-state index in [1.54, 1.807) is 60.3 Å². The van der Waals surface area contributed by atoms with E-state index in [9.17, 15) is 13.7 Å². The molecule has 3 heterocycles. The van der Waals surface area contributed by atoms with Crippen LogP contribution in [0.2, 0.25) is 0 Å². The summed E-state index contributed by atoms with van der Waals surface area (Å²) in [7, 11) is -0.448. The van der Waals surface area contributed by atoms with E-state index in [1.165, 1.54) is 0 Å². The molecule has 0 radical (unpaired) electrons. The zero-order valence-corrected chi connectivity index (χ0v) is 25.4. The lowest BCUT2D eigenvalue weighted by atomic mass is 10.0. The number of fused-ring (bicyclic) bond motifs is 1. The largest absolute Gasteiger partial charge is 0.497 e. The number of imidazole rings is 1. The number of nitriles is 1. The molecule has 9 nitrogen and oxygen atoms in total. The summed E-state index contributed by atoms with van der Waals surface area (Å²) in [6.45, 7) is 1.09. The van der Waals surface area contributed by atoms with Crippen molar-refractivity contribution in [1.82, 2.24) is 18.8 Å². The Morgan fingerprint density at radius 1 is 0.977 bits per heavy atom. The quantitative estimate of drug-likeness (QED) is 0.240. The van der Waals surface area contributed by atoms with Gasteiger partial charge in [0.2, 0.25) is 10.0 Å². The number of pyridine rings is 1. The zero-order valence-electron chi connectivity index (χ0n) is 24.5. The normalized spacial score (nSPS) is 15.3. The summed E-state index contributed by atoms with van der Waals surface area (Å²) in [6.07, 6.45) is 7.65. The second kappa shape index (κ2) is 12.3. The van der Waals surface area contributed by atoms with Crippen LogP contribution in [0.4, 0.5) is 5.69 Å². The topological polar surface area (TPSA) is 104 Å². The molecule has 0 aliphatic carbocycles. The van der Waals surface area contributed by atoms with Gasteiger partial charge in [0.1, 0.15) is 5.75 Å². The van der Waals surface area contributed by atoms with Crippen molar-refractivity contribution in [1.29, 1.82) is 5.26 Å². The third-order valence-electron chi connectivity index (χ3n) is 8.07. The van der Waals surface area contributed by atoms with Crippen molar-refractivity contribution >= 4 is 15.7 Å². The van der Waals surface area contributed by atoms with Crippen molar-refractivity contribution < 1.29 is 13.2 Å². The molecule has 0 saturated carbocycles. The molecule has 0 bridgehead atoms. The highest BCUT2D eigenvalue weighted by atomic mass is 32.2. The van der Waals surface area contributed by atoms with Crippen LogP contribution in [0.5, 0.6) is 5.75 Å². The lowest BCUT2D eigenvalue weighted by Gasteiger charge is -2.32. The van der Waals surface area contributed by atoms with Gasteiger partial charge < -0.3 is 14.2 Å². The fraction of sp³-hybridized carbons (Fsp3) is 0.206. The molecule has 222 valence electrons. The van der Waals surface area contributed by atoms with Gasteiger partial charge in [-0.2, -0.15) is 9.57 Å². The molecule has 6 rings (SSSR count). The molecule has 0 fully saturated rings. The average Bonchev–Trinajstić information content (AvgIpc) is 3.39. The molecule has 10 heteroatoms. The van der Waals surface area contributed by atoms with E-state index in [0.717, 1.165) is 33.6 Å². The summed E-state index contributed by atoms with van der Waals surface area (Å²) >= 11 is 0. The SMILES string of the molecule is COc1ccc(S(=O)(=O)N2Cc3cc(C#N)ccc3N(Cc3cncn3C)C[C@H]2Cc2ccc(-c3cccnc3)cc2)cc1. The number of rotatable bonds is 8. The number of hydrogen-bond acceptors (Lipinski definition) is 7. The summed E-state index contributed by atoms with van der Waals surface area (Å²) in [5, 5.41) is 9.70. The van der Waals surface area contributed by atoms with Gasteiger partial charge in [0.25, 0.3) is 0 Å². The minimum absolute atomic E-state index is 0.125. The minimum Gasteiger partial charge on any atom is -0.497 e. The summed E-state index contributed by atoms with van der Waals surface area (Å²) in [6, 6.07) is 25.9. The molecule has 0 N–H and O–H groups in total. The minimum atomic E-state index is -3.94. The van der Waals surface area contributed by atoms with Gasteiger partial charge >= 0.3 is 0 Å². The first-order valence-corrected chi connectivity index (χ1v) is 15.7. The van der Waals surface area contributed by atoms with Gasteiger partial charge in [-0.3, -0.25) is 4.98 Å². The van der Waals surface area contributed by atoms with E-state index in [2.05, 4.69) is 33.1 Å². The Hall–Kier alpha value is -4.98. The number of benzene rings is 3. The van der Waals surface area contributed by atoms with Gasteiger partial charge in [-0.15, -0.1) is 0 Å². The van der Waals surface area contributed by atoms with Gasteiger partial charge in [-0.1, -0.05) is 30.3 Å². The molecular formula is C34H32N6O3S. The van der Waals surface area contributed by atoms with Gasteiger partial charge in [0, 0.05) is 50.5 Å². The number of aryl methyl sites for hydroxylation is 1. The average molecular weight is 605 g/mol. The molecular weight excluding hydrogens is 572 g/mol. The highest BCUT2D eigenvalue weighted by Crippen LogP contribution is 2.34. The monoisotopic (exact) mass is 604 g/mol. The first kappa shape index (κ1) is 29.1. The second-order valence-corrected chi connectivity index (χ2v) is 12.7. The highest BCUT2D eigenvalue weighted by Gasteiger charge is 2.37. The number of anilines is 1. The van der Waals surface area contributed by atoms with Crippen molar-refractivity contribution in [3.8, 4) is 22.9 Å². The summed E-state index contributed by atoms with van der Waals surface area (Å²) in [4.78, 5) is 10.9. The van der Waals surface area contributed by atoms with E-state index >= 15 is 0 Å². The van der Waals surface area contributed by atoms with Gasteiger partial charge in [-0.25, -0.2) is 13.4 Å². The third-order valence-corrected chi connectivity index (χ3v) is 9.98. The number of nitrogens with zero attached hydrogens (tertiary/aromatic N) is 6. The maximum absolute atomic E-state index is 14.4. The number of methoxy groups -OCH3 is 1. The van der Waals surface area contributed by atoms with E-state index in [-0.39, 0.29) is 11.4 Å². The molecule has 0 amide bonds. The Kier molecular flexibility index (Phi) is 8.15. The summed E-state index contributed by atoms with van der Waals surface area (Å²) < 4.78 is 37.6. The van der Waals surface area contributed by atoms with Crippen LogP contribution in [0.1, 0.15) is 22.4 Å². The van der Waals surface area contributed by atoms with Gasteiger partial charge in [-0.05, 0) is 77.2 Å². The van der Waals surface area contributed by atoms with Gasteiger partial charge in [0.05, 0.1) is 42.2 Å². The van der Waals surface area contributed by atoms with Gasteiger partial charge in [0.15, 0.2) is 0 Å². The van der Waals surface area contributed by atoms with Crippen LogP contribution in [0.15, 0.2) is 109 Å². The van der Waals surface area contributed by atoms with Crippen LogP contribution < -0.4 is 9.64 Å². The molecule has 0 saturated heterocycles. The maximum Gasteiger partial charge on any atom is 0.243 e. The highest BCUT2D eigenvalue weighted by molar-refractivity contribution is 7.89. The Morgan fingerprint density at radius 2 is 1.77 bits per heavy atom. The van der Waals surface area contributed by atoms with Crippen LogP contribution in [0, 0.1) is 11.3 Å². The standard InChI is InChI=1S/C34H32N6O3S/c1-38-24-37-20-31(38)23-39-22-30(17-25-5-8-27(9-6-25)28-4-3-15-36-19-28)40(21-29-16-26(18-35)7-14-34(29)39)44(41,42)33-12-10-32(43-2)11-13-33/h3-16,19-20,24,30H,17,21-23H2,1-2H3/t30-/m1/s1. The lowest BCUT2D eigenvalue weighted by molar-refractivity contribution is 0.317. The van der Waals surface area contributed by atoms with E-state index in [1.807, 2.05) is 54.3 Å². The summed E-state index contributed by atoms with van der Waals surface area (Å²) in [5.74, 6) is 0.580. The molecule has 1 atom stereocenters. The second-order valence-electron chi connectivity index (χ2n) is 10.9. The lowest BCUT2D eigenvalue weighted by Crippen LogP contribution is -2.45. The van der Waals surface area contributed by atoms with E-state index in [4.69, 9.17) is 4.74 Å². The predicted octanol–water partition coefficient (Wildman–Crippen LogP) is 5.18. The Labute approximate surface area is 257 Å². The summed E-state index contributed by atoms with van der Waals surface area (Å²) in [5.41, 5.74) is 6.22. The smallest absolute Gasteiger partial charge is 0.243 e. The van der Waals surface area contributed by atoms with Crippen molar-refractivity contribution in [2.75, 3.05) is 18.6 Å². The fourth-order valence-electron chi connectivity index (χ4n) is 5.68. The van der Waals surface area contributed by atoms with Crippen LogP contribution >= 0.6 is 0 Å². The molecule has 44 heavy (non-hydrogen) atoms. The molecule has 5 aromatic rings. The van der Waals surface area contributed by atoms with Crippen LogP contribution in [0.3, 0.4) is 0 Å². The maximum atomic E-state index is 14.4. The first-order chi connectivity index (χ1) is 21.4. The molecule has 1 aliphatic rings. The number of ether oxygens (including phenoxy) is 1. The van der Waals surface area contributed by atoms with Crippen molar-refractivity contribution in [3.05, 3.63) is 126 Å². The first-order valence-electron chi connectivity index (χ1n) is 14.2. The third kappa shape index (κ3) is 5.93. The molecule has 0 spiro atoms. The molecule has 0 unspecified atom stereocenters. The van der Waals surface area contributed by atoms with E-state index < -0.39 is 16.1 Å². The Balaban J connectivity index is 1.42. The molecule has 1 aliphatic heterocycles. The van der Waals surface area contributed by atoms with Crippen molar-refractivity contribution in [3.63, 3.8) is 0 Å². The number of sulfonamides is 1. The van der Waals surface area contributed by atoms with Crippen LogP contribution in [0.25, 0.3) is 11.1 Å². The zero-order chi connectivity index (χ0) is 30.7. The van der Waals surface area contributed by atoms with E-state index in [0.29, 0.717) is 30.8 Å². The number of aromatic nitrogens is 3. The van der Waals surface area contributed by atoms with Crippen LogP contribution in [-0.4, -0.2) is 47.0 Å². The Bertz CT molecular complexity index is 1900. The Morgan fingerprint density at radius 3 is 2.43 bits per heavy atom. The molecule has 3 aromatic carbocycles. The molecule has 2 aromatic heterocycles. The number of hydrogen-bond donors (Lipinski definition) is 0. The fourth-order valence-corrected chi connectivity index (χ4v) is 7.28. The van der Waals surface area contributed by atoms with Crippen molar-refractivity contribution in [2.24, 2.45) is 7.05 Å². The van der Waals surface area contributed by atoms with Crippen LogP contribution in [-0.2, 0) is 36.6 Å².